The Morgan fingerprint density at radius 3 is 1.50 bits per heavy atom. The zero-order valence-corrected chi connectivity index (χ0v) is 31.7. The van der Waals surface area contributed by atoms with Crippen molar-refractivity contribution in [2.45, 2.75) is 0 Å². The maximum Gasteiger partial charge on any atom is 0.143 e. The van der Waals surface area contributed by atoms with Crippen LogP contribution in [0.2, 0.25) is 0 Å². The first-order chi connectivity index (χ1) is 28.8. The van der Waals surface area contributed by atoms with E-state index in [2.05, 4.69) is 223 Å². The zero-order valence-electron chi connectivity index (χ0n) is 31.7. The van der Waals surface area contributed by atoms with Crippen LogP contribution in [0.5, 0.6) is 0 Å². The summed E-state index contributed by atoms with van der Waals surface area (Å²) >= 11 is 0. The van der Waals surface area contributed by atoms with Crippen molar-refractivity contribution in [1.29, 1.82) is 0 Å². The van der Waals surface area contributed by atoms with E-state index in [1.54, 1.807) is 0 Å². The molecule has 58 heavy (non-hydrogen) atoms. The van der Waals surface area contributed by atoms with E-state index in [4.69, 9.17) is 4.42 Å². The molecule has 0 amide bonds. The predicted molar refractivity (Wildman–Crippen MR) is 245 cm³/mol. The van der Waals surface area contributed by atoms with Crippen molar-refractivity contribution in [3.8, 4) is 44.5 Å². The molecule has 0 fully saturated rings. The van der Waals surface area contributed by atoms with Crippen LogP contribution in [0.1, 0.15) is 0 Å². The number of rotatable bonds is 7. The number of nitrogens with zero attached hydrogens (tertiary/aromatic N) is 1. The minimum Gasteiger partial charge on any atom is -0.455 e. The van der Waals surface area contributed by atoms with E-state index in [1.165, 1.54) is 43.8 Å². The van der Waals surface area contributed by atoms with E-state index in [-0.39, 0.29) is 0 Å². The van der Waals surface area contributed by atoms with Crippen molar-refractivity contribution >= 4 is 60.5 Å². The minimum absolute atomic E-state index is 0.892. The average molecular weight is 740 g/mol. The molecule has 11 rings (SSSR count). The first kappa shape index (κ1) is 33.6. The van der Waals surface area contributed by atoms with Crippen LogP contribution in [0.3, 0.4) is 0 Å². The molecule has 11 aromatic rings. The van der Waals surface area contributed by atoms with Gasteiger partial charge in [0.1, 0.15) is 11.2 Å². The second-order valence-electron chi connectivity index (χ2n) is 14.8. The van der Waals surface area contributed by atoms with Gasteiger partial charge in [-0.1, -0.05) is 182 Å². The summed E-state index contributed by atoms with van der Waals surface area (Å²) in [6.07, 6.45) is 0. The molecule has 1 aromatic heterocycles. The van der Waals surface area contributed by atoms with Crippen molar-refractivity contribution in [2.24, 2.45) is 0 Å². The quantitative estimate of drug-likeness (QED) is 0.151. The van der Waals surface area contributed by atoms with Gasteiger partial charge >= 0.3 is 0 Å². The average Bonchev–Trinajstić information content (AvgIpc) is 3.70. The standard InChI is InChI=1S/C56H37NO/c1-3-14-38(15-4-1)45-19-9-10-20-46(45)41-26-31-43(32-27-41)57(53-24-13-23-50-47-21-8-7-18-40(47)30-35-51(50)53)44-33-28-42(29-34-44)48-36-37-49(39-16-5-2-6-17-39)56-55(48)52-22-11-12-25-54(52)58-56/h1-37H. The maximum atomic E-state index is 6.61. The van der Waals surface area contributed by atoms with E-state index in [9.17, 15) is 0 Å². The van der Waals surface area contributed by atoms with Crippen molar-refractivity contribution < 1.29 is 4.42 Å². The van der Waals surface area contributed by atoms with Gasteiger partial charge in [-0.05, 0) is 97.6 Å². The van der Waals surface area contributed by atoms with E-state index >= 15 is 0 Å². The van der Waals surface area contributed by atoms with E-state index in [0.717, 1.165) is 61.3 Å². The van der Waals surface area contributed by atoms with E-state index in [1.807, 2.05) is 6.07 Å². The molecule has 0 aliphatic rings. The minimum atomic E-state index is 0.892. The van der Waals surface area contributed by atoms with Crippen molar-refractivity contribution in [3.63, 3.8) is 0 Å². The molecule has 0 N–H and O–H groups in total. The van der Waals surface area contributed by atoms with Crippen LogP contribution in [0.25, 0.3) is 88.0 Å². The fourth-order valence-corrected chi connectivity index (χ4v) is 8.74. The number of hydrogen-bond acceptors (Lipinski definition) is 2. The maximum absolute atomic E-state index is 6.61. The van der Waals surface area contributed by atoms with Gasteiger partial charge in [-0.3, -0.25) is 0 Å². The lowest BCUT2D eigenvalue weighted by molar-refractivity contribution is 0.670. The Morgan fingerprint density at radius 1 is 0.293 bits per heavy atom. The Balaban J connectivity index is 1.06. The molecule has 0 spiro atoms. The fraction of sp³-hybridized carbons (Fsp3) is 0. The van der Waals surface area contributed by atoms with E-state index in [0.29, 0.717) is 0 Å². The van der Waals surface area contributed by atoms with Crippen LogP contribution in [-0.4, -0.2) is 0 Å². The lowest BCUT2D eigenvalue weighted by Gasteiger charge is -2.27. The number of furan rings is 1. The number of para-hydroxylation sites is 1. The lowest BCUT2D eigenvalue weighted by Crippen LogP contribution is -2.10. The van der Waals surface area contributed by atoms with Crippen molar-refractivity contribution in [1.82, 2.24) is 0 Å². The molecule has 10 aromatic carbocycles. The molecule has 0 unspecified atom stereocenters. The number of fused-ring (bicyclic) bond motifs is 6. The smallest absolute Gasteiger partial charge is 0.143 e. The second kappa shape index (κ2) is 14.1. The van der Waals surface area contributed by atoms with Crippen LogP contribution >= 0.6 is 0 Å². The topological polar surface area (TPSA) is 16.4 Å². The molecule has 0 radical (unpaired) electrons. The first-order valence-corrected chi connectivity index (χ1v) is 19.8. The summed E-state index contributed by atoms with van der Waals surface area (Å²) in [5.74, 6) is 0. The molecular formula is C56H37NO. The molecule has 0 aliphatic heterocycles. The van der Waals surface area contributed by atoms with Crippen LogP contribution in [0, 0.1) is 0 Å². The first-order valence-electron chi connectivity index (χ1n) is 19.8. The summed E-state index contributed by atoms with van der Waals surface area (Å²) in [6.45, 7) is 0. The number of benzene rings is 10. The van der Waals surface area contributed by atoms with Crippen LogP contribution in [0.4, 0.5) is 17.1 Å². The van der Waals surface area contributed by atoms with Crippen LogP contribution < -0.4 is 4.90 Å². The van der Waals surface area contributed by atoms with Gasteiger partial charge in [0.05, 0.1) is 5.69 Å². The second-order valence-corrected chi connectivity index (χ2v) is 14.8. The SMILES string of the molecule is c1ccc(-c2ccccc2-c2ccc(N(c3ccc(-c4ccc(-c5ccccc5)c5oc6ccccc6c45)cc3)c3cccc4c3ccc3ccccc34)cc2)cc1. The van der Waals surface area contributed by atoms with Gasteiger partial charge in [-0.2, -0.15) is 0 Å². The molecule has 0 bridgehead atoms. The summed E-state index contributed by atoms with van der Waals surface area (Å²) in [7, 11) is 0. The molecule has 0 atom stereocenters. The number of anilines is 3. The highest BCUT2D eigenvalue weighted by Crippen LogP contribution is 2.45. The molecule has 2 nitrogen and oxygen atoms in total. The summed E-state index contributed by atoms with van der Waals surface area (Å²) in [4.78, 5) is 2.40. The Hall–Kier alpha value is -7.68. The van der Waals surface area contributed by atoms with Crippen LogP contribution in [0.15, 0.2) is 229 Å². The summed E-state index contributed by atoms with van der Waals surface area (Å²) in [5.41, 5.74) is 14.4. The molecule has 0 aliphatic carbocycles. The third kappa shape index (κ3) is 5.74. The highest BCUT2D eigenvalue weighted by atomic mass is 16.3. The normalized spacial score (nSPS) is 11.4. The van der Waals surface area contributed by atoms with Gasteiger partial charge in [0, 0.05) is 33.1 Å². The van der Waals surface area contributed by atoms with Gasteiger partial charge in [0.2, 0.25) is 0 Å². The summed E-state index contributed by atoms with van der Waals surface area (Å²) in [5, 5.41) is 7.17. The third-order valence-electron chi connectivity index (χ3n) is 11.5. The Morgan fingerprint density at radius 2 is 0.810 bits per heavy atom. The largest absolute Gasteiger partial charge is 0.455 e. The molecular weight excluding hydrogens is 703 g/mol. The van der Waals surface area contributed by atoms with Gasteiger partial charge < -0.3 is 9.32 Å². The molecule has 2 heteroatoms. The summed E-state index contributed by atoms with van der Waals surface area (Å²) in [6, 6.07) is 80.5. The Kier molecular flexibility index (Phi) is 8.19. The van der Waals surface area contributed by atoms with Crippen molar-refractivity contribution in [2.75, 3.05) is 4.90 Å². The predicted octanol–water partition coefficient (Wildman–Crippen LogP) is 16.0. The Bertz CT molecular complexity index is 3250. The zero-order chi connectivity index (χ0) is 38.4. The number of hydrogen-bond donors (Lipinski definition) is 0. The monoisotopic (exact) mass is 739 g/mol. The Labute approximate surface area is 337 Å². The summed E-state index contributed by atoms with van der Waals surface area (Å²) < 4.78 is 6.61. The lowest BCUT2D eigenvalue weighted by atomic mass is 9.94. The highest BCUT2D eigenvalue weighted by Gasteiger charge is 2.20. The molecule has 272 valence electrons. The van der Waals surface area contributed by atoms with Gasteiger partial charge in [0.15, 0.2) is 0 Å². The van der Waals surface area contributed by atoms with Crippen LogP contribution in [-0.2, 0) is 0 Å². The van der Waals surface area contributed by atoms with Gasteiger partial charge in [-0.15, -0.1) is 0 Å². The van der Waals surface area contributed by atoms with Gasteiger partial charge in [-0.25, -0.2) is 0 Å². The fourth-order valence-electron chi connectivity index (χ4n) is 8.74. The third-order valence-corrected chi connectivity index (χ3v) is 11.5. The molecule has 1 heterocycles. The van der Waals surface area contributed by atoms with E-state index < -0.39 is 0 Å². The highest BCUT2D eigenvalue weighted by molar-refractivity contribution is 6.16. The van der Waals surface area contributed by atoms with Gasteiger partial charge in [0.25, 0.3) is 0 Å². The molecule has 0 saturated heterocycles. The molecule has 0 saturated carbocycles. The van der Waals surface area contributed by atoms with Crippen molar-refractivity contribution in [3.05, 3.63) is 224 Å².